The Morgan fingerprint density at radius 1 is 1.36 bits per heavy atom. The van der Waals surface area contributed by atoms with Gasteiger partial charge in [0.25, 0.3) is 5.16 Å². The molecule has 3 rings (SSSR count). The van der Waals surface area contributed by atoms with E-state index in [4.69, 9.17) is 16.4 Å². The average Bonchev–Trinajstić information content (AvgIpc) is 2.99. The summed E-state index contributed by atoms with van der Waals surface area (Å²) in [6.45, 7) is 2.27. The third-order valence-corrected chi connectivity index (χ3v) is 4.50. The quantitative estimate of drug-likeness (QED) is 0.488. The molecule has 0 amide bonds. The van der Waals surface area contributed by atoms with Crippen LogP contribution in [0.5, 0.6) is 0 Å². The summed E-state index contributed by atoms with van der Waals surface area (Å²) in [6.07, 6.45) is 2.70. The van der Waals surface area contributed by atoms with E-state index >= 15 is 0 Å². The van der Waals surface area contributed by atoms with E-state index in [9.17, 15) is 8.42 Å². The highest BCUT2D eigenvalue weighted by Gasteiger charge is 2.18. The van der Waals surface area contributed by atoms with Crippen molar-refractivity contribution in [2.45, 2.75) is 18.6 Å². The van der Waals surface area contributed by atoms with Gasteiger partial charge in [-0.2, -0.15) is 9.50 Å². The second kappa shape index (κ2) is 6.45. The molecule has 0 saturated heterocycles. The Morgan fingerprint density at radius 2 is 2.12 bits per heavy atom. The van der Waals surface area contributed by atoms with E-state index in [1.54, 1.807) is 22.9 Å². The van der Waals surface area contributed by atoms with Crippen LogP contribution in [0.2, 0.25) is 5.15 Å². The third kappa shape index (κ3) is 3.49. The number of halogens is 1. The van der Waals surface area contributed by atoms with Crippen molar-refractivity contribution < 1.29 is 13.3 Å². The standard InChI is InChI=1S/C14H15ClN6O3S/c1-9-6-12(19-24-2)21-14(17-13(18-21)25(3,22)23)20(9)8-10-4-5-11(15)16-7-10/h4-7H,8H2,1-3H3/b19-12+. The molecule has 0 spiro atoms. The van der Waals surface area contributed by atoms with Crippen LogP contribution in [-0.2, 0) is 21.2 Å². The summed E-state index contributed by atoms with van der Waals surface area (Å²) < 4.78 is 26.8. The van der Waals surface area contributed by atoms with Crippen molar-refractivity contribution in [1.29, 1.82) is 0 Å². The Hall–Kier alpha value is -2.46. The van der Waals surface area contributed by atoms with Gasteiger partial charge in [0.15, 0.2) is 5.49 Å². The first-order valence-corrected chi connectivity index (χ1v) is 9.41. The first kappa shape index (κ1) is 17.4. The molecule has 132 valence electrons. The number of aromatic nitrogens is 5. The second-order valence-corrected chi connectivity index (χ2v) is 7.67. The van der Waals surface area contributed by atoms with Crippen molar-refractivity contribution in [2.24, 2.45) is 5.16 Å². The summed E-state index contributed by atoms with van der Waals surface area (Å²) in [6, 6.07) is 5.24. The minimum atomic E-state index is -3.57. The van der Waals surface area contributed by atoms with Gasteiger partial charge in [0, 0.05) is 24.2 Å². The largest absolute Gasteiger partial charge is 0.397 e. The van der Waals surface area contributed by atoms with E-state index in [0.29, 0.717) is 23.0 Å². The van der Waals surface area contributed by atoms with Crippen molar-refractivity contribution in [1.82, 2.24) is 24.1 Å². The first-order valence-electron chi connectivity index (χ1n) is 7.14. The zero-order chi connectivity index (χ0) is 18.2. The van der Waals surface area contributed by atoms with Crippen LogP contribution in [0.1, 0.15) is 11.3 Å². The fourth-order valence-electron chi connectivity index (χ4n) is 2.29. The molecule has 3 heterocycles. The number of rotatable bonds is 4. The number of hydrogen-bond donors (Lipinski definition) is 0. The molecule has 3 aromatic heterocycles. The minimum Gasteiger partial charge on any atom is -0.397 e. The highest BCUT2D eigenvalue weighted by molar-refractivity contribution is 7.90. The van der Waals surface area contributed by atoms with E-state index in [2.05, 4.69) is 20.2 Å². The molecule has 0 aliphatic heterocycles. The number of pyridine rings is 1. The number of nitrogens with zero attached hydrogens (tertiary/aromatic N) is 6. The highest BCUT2D eigenvalue weighted by Crippen LogP contribution is 2.12. The Labute approximate surface area is 148 Å². The Balaban J connectivity index is 2.25. The minimum absolute atomic E-state index is 0.284. The molecule has 0 unspecified atom stereocenters. The smallest absolute Gasteiger partial charge is 0.268 e. The summed E-state index contributed by atoms with van der Waals surface area (Å²) in [4.78, 5) is 13.0. The average molecular weight is 383 g/mol. The molecule has 0 atom stereocenters. The maximum absolute atomic E-state index is 11.8. The first-order chi connectivity index (χ1) is 11.8. The van der Waals surface area contributed by atoms with Crippen LogP contribution in [0.4, 0.5) is 0 Å². The van der Waals surface area contributed by atoms with Crippen LogP contribution in [0, 0.1) is 6.92 Å². The molecule has 0 aromatic carbocycles. The van der Waals surface area contributed by atoms with Gasteiger partial charge in [-0.3, -0.25) is 0 Å². The molecule has 0 aliphatic carbocycles. The number of aryl methyl sites for hydroxylation is 1. The van der Waals surface area contributed by atoms with Crippen LogP contribution in [0.3, 0.4) is 0 Å². The summed E-state index contributed by atoms with van der Waals surface area (Å²) in [5.41, 5.74) is 2.01. The summed E-state index contributed by atoms with van der Waals surface area (Å²) in [5, 5.41) is 8.03. The van der Waals surface area contributed by atoms with Crippen LogP contribution >= 0.6 is 11.6 Å². The molecular weight excluding hydrogens is 368 g/mol. The van der Waals surface area contributed by atoms with Crippen LogP contribution < -0.4 is 5.49 Å². The maximum Gasteiger partial charge on any atom is 0.268 e. The van der Waals surface area contributed by atoms with Crippen molar-refractivity contribution in [3.8, 4) is 0 Å². The molecule has 0 bridgehead atoms. The molecule has 11 heteroatoms. The molecule has 3 aromatic rings. The van der Waals surface area contributed by atoms with Crippen molar-refractivity contribution >= 4 is 27.2 Å². The topological polar surface area (TPSA) is 104 Å². The second-order valence-electron chi connectivity index (χ2n) is 5.37. The molecule has 0 N–H and O–H groups in total. The molecular formula is C14H15ClN6O3S. The number of hydrogen-bond acceptors (Lipinski definition) is 7. The molecule has 25 heavy (non-hydrogen) atoms. The van der Waals surface area contributed by atoms with Gasteiger partial charge in [-0.15, -0.1) is 5.10 Å². The van der Waals surface area contributed by atoms with Crippen molar-refractivity contribution in [2.75, 3.05) is 13.4 Å². The lowest BCUT2D eigenvalue weighted by molar-refractivity contribution is 0.196. The van der Waals surface area contributed by atoms with E-state index in [1.807, 2.05) is 13.0 Å². The third-order valence-electron chi connectivity index (χ3n) is 3.44. The van der Waals surface area contributed by atoms with Gasteiger partial charge in [-0.25, -0.2) is 13.4 Å². The SMILES string of the molecule is CO/N=c1\cc(C)n(Cc2ccc(Cl)nc2)c2nc(S(C)(=O)=O)nn12. The number of fused-ring (bicyclic) bond motifs is 1. The van der Waals surface area contributed by atoms with Crippen LogP contribution in [0.15, 0.2) is 34.7 Å². The predicted octanol–water partition coefficient (Wildman–Crippen LogP) is 0.802. The molecule has 9 nitrogen and oxygen atoms in total. The predicted molar refractivity (Wildman–Crippen MR) is 89.7 cm³/mol. The lowest BCUT2D eigenvalue weighted by Crippen LogP contribution is -2.22. The van der Waals surface area contributed by atoms with Gasteiger partial charge >= 0.3 is 0 Å². The van der Waals surface area contributed by atoms with Gasteiger partial charge in [-0.05, 0) is 18.6 Å². The molecule has 0 saturated carbocycles. The van der Waals surface area contributed by atoms with E-state index < -0.39 is 9.84 Å². The summed E-state index contributed by atoms with van der Waals surface area (Å²) >= 11 is 5.81. The lowest BCUT2D eigenvalue weighted by atomic mass is 10.2. The Kier molecular flexibility index (Phi) is 4.48. The normalized spacial score (nSPS) is 12.7. The fraction of sp³-hybridized carbons (Fsp3) is 0.286. The van der Waals surface area contributed by atoms with Gasteiger partial charge < -0.3 is 9.40 Å². The van der Waals surface area contributed by atoms with E-state index in [0.717, 1.165) is 17.5 Å². The summed E-state index contributed by atoms with van der Waals surface area (Å²) in [7, 11) is -2.17. The lowest BCUT2D eigenvalue weighted by Gasteiger charge is -2.12. The van der Waals surface area contributed by atoms with Gasteiger partial charge in [0.05, 0.1) is 6.54 Å². The van der Waals surface area contributed by atoms with Crippen molar-refractivity contribution in [3.05, 3.63) is 46.3 Å². The number of sulfone groups is 1. The summed E-state index contributed by atoms with van der Waals surface area (Å²) in [5.74, 6) is 0.325. The van der Waals surface area contributed by atoms with E-state index in [-0.39, 0.29) is 5.16 Å². The highest BCUT2D eigenvalue weighted by atomic mass is 35.5. The van der Waals surface area contributed by atoms with Gasteiger partial charge in [0.1, 0.15) is 12.3 Å². The molecule has 0 fully saturated rings. The Bertz CT molecular complexity index is 1100. The maximum atomic E-state index is 11.8. The molecule has 0 radical (unpaired) electrons. The van der Waals surface area contributed by atoms with Crippen LogP contribution in [-0.4, -0.2) is 45.9 Å². The van der Waals surface area contributed by atoms with Gasteiger partial charge in [0.2, 0.25) is 15.6 Å². The monoisotopic (exact) mass is 382 g/mol. The van der Waals surface area contributed by atoms with Crippen LogP contribution in [0.25, 0.3) is 5.78 Å². The van der Waals surface area contributed by atoms with Gasteiger partial charge in [-0.1, -0.05) is 22.8 Å². The van der Waals surface area contributed by atoms with Crippen molar-refractivity contribution in [3.63, 3.8) is 0 Å². The zero-order valence-electron chi connectivity index (χ0n) is 13.7. The zero-order valence-corrected chi connectivity index (χ0v) is 15.3. The fourth-order valence-corrected chi connectivity index (χ4v) is 2.88. The Morgan fingerprint density at radius 3 is 2.72 bits per heavy atom. The van der Waals surface area contributed by atoms with E-state index in [1.165, 1.54) is 11.6 Å². The molecule has 0 aliphatic rings.